The molecule has 0 aliphatic heterocycles. The molecule has 0 heterocycles. The molecule has 0 spiro atoms. The highest BCUT2D eigenvalue weighted by Crippen LogP contribution is 2.23. The van der Waals surface area contributed by atoms with Gasteiger partial charge in [-0.05, 0) is 13.1 Å². The molecule has 0 rings (SSSR count). The first kappa shape index (κ1) is 30.7. The maximum absolute atomic E-state index is 4.22. The normalized spacial score (nSPS) is 14.6. The predicted octanol–water partition coefficient (Wildman–Crippen LogP) is 5.69. The number of hydrogen-bond donors (Lipinski definition) is 0. The average Bonchev–Trinajstić information content (AvgIpc) is 2.71. The van der Waals surface area contributed by atoms with Crippen LogP contribution in [0.1, 0.15) is 0 Å². The minimum Gasteiger partial charge on any atom is -0.341 e. The molecule has 31 heavy (non-hydrogen) atoms. The third kappa shape index (κ3) is 8.51. The van der Waals surface area contributed by atoms with E-state index in [9.17, 15) is 0 Å². The highest BCUT2D eigenvalue weighted by Gasteiger charge is 2.38. The zero-order chi connectivity index (χ0) is 24.7. The van der Waals surface area contributed by atoms with E-state index in [1.807, 2.05) is 0 Å². The van der Waals surface area contributed by atoms with Gasteiger partial charge in [0.05, 0.1) is 0 Å². The smallest absolute Gasteiger partial charge is 0.146 e. The lowest BCUT2D eigenvalue weighted by atomic mass is 10.6. The van der Waals surface area contributed by atoms with E-state index in [0.29, 0.717) is 0 Å². The Morgan fingerprint density at radius 3 is 1.32 bits per heavy atom. The molecule has 0 N–H and O–H groups in total. The molecular weight excluding hydrogens is 459 g/mol. The largest absolute Gasteiger partial charge is 0.341 e. The number of nitrogens with zero attached hydrogens (tertiary/aromatic N) is 3. The minimum absolute atomic E-state index is 1.08. The quantitative estimate of drug-likeness (QED) is 0.247. The van der Waals surface area contributed by atoms with Crippen molar-refractivity contribution >= 4 is 41.9 Å². The summed E-state index contributed by atoms with van der Waals surface area (Å²) in [5.74, 6) is 0. The van der Waals surface area contributed by atoms with Crippen molar-refractivity contribution in [3.8, 4) is 0 Å². The highest BCUT2D eigenvalue weighted by atomic mass is 28.4. The van der Waals surface area contributed by atoms with Crippen LogP contribution in [0.3, 0.4) is 0 Å². The maximum Gasteiger partial charge on any atom is 0.146 e. The van der Waals surface area contributed by atoms with E-state index in [1.165, 1.54) is 0 Å². The van der Waals surface area contributed by atoms with Gasteiger partial charge < -0.3 is 13.0 Å². The Kier molecular flexibility index (Phi) is 12.1. The summed E-state index contributed by atoms with van der Waals surface area (Å²) < 4.78 is 8.32. The van der Waals surface area contributed by atoms with Gasteiger partial charge in [-0.15, -0.1) is 32.9 Å². The van der Waals surface area contributed by atoms with Crippen LogP contribution in [0.2, 0.25) is 58.9 Å². The number of hydrogen-bond acceptors (Lipinski definition) is 3. The fourth-order valence-electron chi connectivity index (χ4n) is 4.07. The van der Waals surface area contributed by atoms with E-state index in [4.69, 9.17) is 0 Å². The molecule has 0 aliphatic rings. The van der Waals surface area contributed by atoms with Crippen LogP contribution in [0.15, 0.2) is 61.4 Å². The summed E-state index contributed by atoms with van der Waals surface area (Å²) in [6, 6.07) is 0. The van der Waals surface area contributed by atoms with Crippen LogP contribution in [-0.2, 0) is 0 Å². The topological polar surface area (TPSA) is 9.72 Å². The molecule has 1 unspecified atom stereocenters. The second-order valence-corrected chi connectivity index (χ2v) is 31.4. The van der Waals surface area contributed by atoms with Crippen molar-refractivity contribution in [3.63, 3.8) is 0 Å². The summed E-state index contributed by atoms with van der Waals surface area (Å²) in [5.41, 5.74) is 11.1. The molecule has 0 fully saturated rings. The highest BCUT2D eigenvalue weighted by molar-refractivity contribution is 6.95. The van der Waals surface area contributed by atoms with Crippen LogP contribution >= 0.6 is 0 Å². The molecular formula is C23H51N3Si5. The lowest BCUT2D eigenvalue weighted by Crippen LogP contribution is -2.64. The standard InChI is InChI=1S/C23H51N3Si5/c1-15-27(6)25(29(9,10)17-3)22-20-24(28(7,8)16-2)21-23-26(30(11,12)18-4)31(13,14)19-5/h15-19,27H,1-5,20-23H2,6-14H3. The van der Waals surface area contributed by atoms with Crippen molar-refractivity contribution in [2.24, 2.45) is 0 Å². The molecule has 0 bridgehead atoms. The van der Waals surface area contributed by atoms with Crippen molar-refractivity contribution in [1.82, 2.24) is 13.0 Å². The van der Waals surface area contributed by atoms with Crippen LogP contribution in [0.4, 0.5) is 0 Å². The van der Waals surface area contributed by atoms with Gasteiger partial charge in [-0.1, -0.05) is 87.4 Å². The maximum atomic E-state index is 4.22. The third-order valence-corrected chi connectivity index (χ3v) is 26.6. The van der Waals surface area contributed by atoms with E-state index in [1.54, 1.807) is 0 Å². The average molecular weight is 510 g/mol. The van der Waals surface area contributed by atoms with E-state index in [0.717, 1.165) is 26.2 Å². The Labute approximate surface area is 201 Å². The monoisotopic (exact) mass is 509 g/mol. The summed E-state index contributed by atoms with van der Waals surface area (Å²) in [6.07, 6.45) is 0. The Balaban J connectivity index is 5.80. The van der Waals surface area contributed by atoms with Crippen LogP contribution < -0.4 is 0 Å². The molecule has 0 aromatic rings. The first-order valence-corrected chi connectivity index (χ1v) is 26.0. The van der Waals surface area contributed by atoms with Crippen LogP contribution in [-0.4, -0.2) is 81.1 Å². The van der Waals surface area contributed by atoms with Crippen LogP contribution in [0, 0.1) is 0 Å². The van der Waals surface area contributed by atoms with Gasteiger partial charge in [0, 0.05) is 13.1 Å². The molecule has 8 heteroatoms. The van der Waals surface area contributed by atoms with Crippen LogP contribution in [0.5, 0.6) is 0 Å². The molecule has 0 aromatic heterocycles. The van der Waals surface area contributed by atoms with Crippen molar-refractivity contribution in [3.05, 3.63) is 61.4 Å². The van der Waals surface area contributed by atoms with Gasteiger partial charge in [-0.2, -0.15) is 0 Å². The molecule has 0 saturated carbocycles. The van der Waals surface area contributed by atoms with Gasteiger partial charge in [0.15, 0.2) is 0 Å². The molecule has 3 nitrogen and oxygen atoms in total. The first-order valence-electron chi connectivity index (χ1n) is 11.5. The second-order valence-electron chi connectivity index (χ2n) is 10.7. The molecule has 178 valence electrons. The van der Waals surface area contributed by atoms with Crippen molar-refractivity contribution in [1.29, 1.82) is 0 Å². The second kappa shape index (κ2) is 12.2. The lowest BCUT2D eigenvalue weighted by Gasteiger charge is -2.47. The summed E-state index contributed by atoms with van der Waals surface area (Å²) in [6.45, 7) is 46.9. The van der Waals surface area contributed by atoms with Crippen molar-refractivity contribution in [2.45, 2.75) is 58.9 Å². The van der Waals surface area contributed by atoms with Gasteiger partial charge in [-0.3, -0.25) is 0 Å². The molecule has 0 aliphatic carbocycles. The SMILES string of the molecule is C=C[SiH](C)N(CCN(CCN([Si](C)(C)C=C)[Si](C)(C)C=C)[Si](C)(C)C=C)[Si](C)(C)C=C. The van der Waals surface area contributed by atoms with Crippen molar-refractivity contribution < 1.29 is 0 Å². The summed E-state index contributed by atoms with van der Waals surface area (Å²) in [5, 5.41) is 0. The van der Waals surface area contributed by atoms with E-state index < -0.39 is 41.9 Å². The van der Waals surface area contributed by atoms with Gasteiger partial charge in [0.25, 0.3) is 0 Å². The zero-order valence-corrected chi connectivity index (χ0v) is 27.3. The van der Waals surface area contributed by atoms with E-state index in [-0.39, 0.29) is 0 Å². The van der Waals surface area contributed by atoms with Gasteiger partial charge in [0.1, 0.15) is 41.9 Å². The molecule has 0 saturated heterocycles. The van der Waals surface area contributed by atoms with Gasteiger partial charge in [-0.25, -0.2) is 0 Å². The number of rotatable bonds is 16. The predicted molar refractivity (Wildman–Crippen MR) is 159 cm³/mol. The van der Waals surface area contributed by atoms with E-state index in [2.05, 4.69) is 133 Å². The Hall–Kier alpha value is -0.336. The van der Waals surface area contributed by atoms with Crippen molar-refractivity contribution in [2.75, 3.05) is 26.2 Å². The summed E-state index contributed by atoms with van der Waals surface area (Å²) >= 11 is 0. The Bertz CT molecular complexity index is 623. The summed E-state index contributed by atoms with van der Waals surface area (Å²) in [4.78, 5) is 0. The zero-order valence-electron chi connectivity index (χ0n) is 22.2. The lowest BCUT2D eigenvalue weighted by molar-refractivity contribution is 0.381. The molecule has 0 aromatic carbocycles. The third-order valence-electron chi connectivity index (χ3n) is 6.98. The van der Waals surface area contributed by atoms with Gasteiger partial charge in [0.2, 0.25) is 0 Å². The molecule has 0 radical (unpaired) electrons. The van der Waals surface area contributed by atoms with Crippen LogP contribution in [0.25, 0.3) is 0 Å². The molecule has 0 amide bonds. The Morgan fingerprint density at radius 2 is 0.968 bits per heavy atom. The fraction of sp³-hybridized carbons (Fsp3) is 0.565. The Morgan fingerprint density at radius 1 is 0.581 bits per heavy atom. The summed E-state index contributed by atoms with van der Waals surface area (Å²) in [7, 11) is -7.80. The first-order chi connectivity index (χ1) is 14.1. The minimum atomic E-state index is -1.69. The van der Waals surface area contributed by atoms with E-state index >= 15 is 0 Å². The van der Waals surface area contributed by atoms with Gasteiger partial charge >= 0.3 is 0 Å². The fourth-order valence-corrected chi connectivity index (χ4v) is 20.5. The molecule has 1 atom stereocenters.